The van der Waals surface area contributed by atoms with Gasteiger partial charge in [-0.1, -0.05) is 32.9 Å². The molecule has 17 heavy (non-hydrogen) atoms. The molecule has 1 aromatic carbocycles. The van der Waals surface area contributed by atoms with Gasteiger partial charge in [0, 0.05) is 0 Å². The minimum absolute atomic E-state index is 0.265. The summed E-state index contributed by atoms with van der Waals surface area (Å²) in [7, 11) is 0. The molecule has 0 spiro atoms. The number of nitrogens with one attached hydrogen (secondary N) is 1. The van der Waals surface area contributed by atoms with E-state index in [-0.39, 0.29) is 11.5 Å². The number of rotatable bonds is 2. The van der Waals surface area contributed by atoms with Gasteiger partial charge in [0.15, 0.2) is 0 Å². The molecule has 0 radical (unpaired) electrons. The van der Waals surface area contributed by atoms with Crippen LogP contribution in [0.15, 0.2) is 24.3 Å². The lowest BCUT2D eigenvalue weighted by Crippen LogP contribution is -2.37. The molecule has 0 aliphatic heterocycles. The van der Waals surface area contributed by atoms with Crippen molar-refractivity contribution in [2.75, 3.05) is 0 Å². The van der Waals surface area contributed by atoms with Crippen LogP contribution in [0.25, 0.3) is 0 Å². The fourth-order valence-corrected chi connectivity index (χ4v) is 1.74. The monoisotopic (exact) mass is 246 g/mol. The van der Waals surface area contributed by atoms with Gasteiger partial charge in [-0.25, -0.2) is 0 Å². The summed E-state index contributed by atoms with van der Waals surface area (Å²) in [5.41, 5.74) is 2.19. The van der Waals surface area contributed by atoms with Crippen molar-refractivity contribution < 1.29 is 13.2 Å². The van der Waals surface area contributed by atoms with Crippen LogP contribution in [0, 0.1) is 5.41 Å². The Kier molecular flexibility index (Phi) is 3.84. The first-order valence-electron chi connectivity index (χ1n) is 5.29. The van der Waals surface area contributed by atoms with E-state index in [1.54, 1.807) is 6.07 Å². The van der Waals surface area contributed by atoms with Gasteiger partial charge in [-0.3, -0.25) is 11.3 Å². The summed E-state index contributed by atoms with van der Waals surface area (Å²) in [6.45, 7) is 5.74. The number of halogens is 3. The van der Waals surface area contributed by atoms with Crippen LogP contribution < -0.4 is 11.3 Å². The zero-order chi connectivity index (χ0) is 13.3. The normalized spacial score (nSPS) is 14.8. The second-order valence-corrected chi connectivity index (χ2v) is 5.09. The number of alkyl halides is 3. The zero-order valence-corrected chi connectivity index (χ0v) is 10.1. The van der Waals surface area contributed by atoms with Gasteiger partial charge in [-0.2, -0.15) is 13.2 Å². The summed E-state index contributed by atoms with van der Waals surface area (Å²) in [6, 6.07) is 4.90. The van der Waals surface area contributed by atoms with Crippen molar-refractivity contribution in [2.24, 2.45) is 11.3 Å². The van der Waals surface area contributed by atoms with Crippen LogP contribution in [0.5, 0.6) is 0 Å². The molecule has 0 saturated carbocycles. The standard InChI is InChI=1S/C12H17F3N2/c1-11(2,3)10(17-16)8-5-4-6-9(7-8)12(13,14)15/h4-7,10,17H,16H2,1-3H3. The van der Waals surface area contributed by atoms with Crippen molar-refractivity contribution in [1.82, 2.24) is 5.43 Å². The van der Waals surface area contributed by atoms with E-state index in [9.17, 15) is 13.2 Å². The number of hydrogen-bond acceptors (Lipinski definition) is 2. The van der Waals surface area contributed by atoms with Gasteiger partial charge in [0.05, 0.1) is 11.6 Å². The van der Waals surface area contributed by atoms with Crippen molar-refractivity contribution in [3.8, 4) is 0 Å². The van der Waals surface area contributed by atoms with E-state index in [1.807, 2.05) is 20.8 Å². The SMILES string of the molecule is CC(C)(C)C(NN)c1cccc(C(F)(F)F)c1. The topological polar surface area (TPSA) is 38.0 Å². The molecule has 0 heterocycles. The number of nitrogens with two attached hydrogens (primary N) is 1. The molecule has 1 rings (SSSR count). The van der Waals surface area contributed by atoms with Gasteiger partial charge < -0.3 is 0 Å². The minimum Gasteiger partial charge on any atom is -0.271 e. The number of hydrogen-bond donors (Lipinski definition) is 2. The molecule has 96 valence electrons. The van der Waals surface area contributed by atoms with Crippen molar-refractivity contribution in [3.63, 3.8) is 0 Å². The highest BCUT2D eigenvalue weighted by Crippen LogP contribution is 2.35. The molecule has 0 bridgehead atoms. The van der Waals surface area contributed by atoms with Gasteiger partial charge in [0.1, 0.15) is 0 Å². The lowest BCUT2D eigenvalue weighted by Gasteiger charge is -2.30. The van der Waals surface area contributed by atoms with Crippen LogP contribution in [0.2, 0.25) is 0 Å². The molecule has 2 nitrogen and oxygen atoms in total. The molecule has 5 heteroatoms. The Morgan fingerprint density at radius 3 is 2.18 bits per heavy atom. The molecule has 3 N–H and O–H groups in total. The predicted molar refractivity (Wildman–Crippen MR) is 61.0 cm³/mol. The molecule has 0 aliphatic carbocycles. The molecular formula is C12H17F3N2. The number of benzene rings is 1. The summed E-state index contributed by atoms with van der Waals surface area (Å²) in [6.07, 6.45) is -4.33. The van der Waals surface area contributed by atoms with Crippen LogP contribution in [0.4, 0.5) is 13.2 Å². The van der Waals surface area contributed by atoms with Crippen LogP contribution >= 0.6 is 0 Å². The van der Waals surface area contributed by atoms with E-state index < -0.39 is 11.7 Å². The maximum Gasteiger partial charge on any atom is 0.416 e. The Morgan fingerprint density at radius 1 is 1.18 bits per heavy atom. The molecule has 0 saturated heterocycles. The van der Waals surface area contributed by atoms with Crippen molar-refractivity contribution in [3.05, 3.63) is 35.4 Å². The average Bonchev–Trinajstić information content (AvgIpc) is 2.15. The molecule has 0 aromatic heterocycles. The molecule has 0 amide bonds. The molecule has 1 atom stereocenters. The van der Waals surface area contributed by atoms with Crippen LogP contribution in [-0.4, -0.2) is 0 Å². The summed E-state index contributed by atoms with van der Waals surface area (Å²) in [4.78, 5) is 0. The lowest BCUT2D eigenvalue weighted by atomic mass is 9.82. The molecule has 1 unspecified atom stereocenters. The summed E-state index contributed by atoms with van der Waals surface area (Å²) >= 11 is 0. The summed E-state index contributed by atoms with van der Waals surface area (Å²) in [5.74, 6) is 5.42. The van der Waals surface area contributed by atoms with Gasteiger partial charge in [0.2, 0.25) is 0 Å². The Bertz CT molecular complexity index is 380. The second kappa shape index (κ2) is 4.66. The van der Waals surface area contributed by atoms with Gasteiger partial charge in [-0.05, 0) is 23.1 Å². The van der Waals surface area contributed by atoms with E-state index in [4.69, 9.17) is 5.84 Å². The fourth-order valence-electron chi connectivity index (χ4n) is 1.74. The largest absolute Gasteiger partial charge is 0.416 e. The van der Waals surface area contributed by atoms with Crippen molar-refractivity contribution in [2.45, 2.75) is 33.0 Å². The van der Waals surface area contributed by atoms with Crippen molar-refractivity contribution >= 4 is 0 Å². The third-order valence-corrected chi connectivity index (χ3v) is 2.58. The maximum absolute atomic E-state index is 12.6. The van der Waals surface area contributed by atoms with Gasteiger partial charge in [-0.15, -0.1) is 0 Å². The third-order valence-electron chi connectivity index (χ3n) is 2.58. The van der Waals surface area contributed by atoms with Gasteiger partial charge >= 0.3 is 6.18 Å². The molecule has 0 fully saturated rings. The average molecular weight is 246 g/mol. The number of hydrazine groups is 1. The highest BCUT2D eigenvalue weighted by atomic mass is 19.4. The Labute approximate surface area is 99.0 Å². The van der Waals surface area contributed by atoms with Crippen LogP contribution in [0.1, 0.15) is 37.9 Å². The first-order chi connectivity index (χ1) is 7.66. The molecule has 1 aromatic rings. The van der Waals surface area contributed by atoms with E-state index >= 15 is 0 Å². The smallest absolute Gasteiger partial charge is 0.271 e. The first-order valence-corrected chi connectivity index (χ1v) is 5.29. The Hall–Kier alpha value is -1.07. The van der Waals surface area contributed by atoms with E-state index in [1.165, 1.54) is 6.07 Å². The minimum atomic E-state index is -4.33. The molecule has 0 aliphatic rings. The molecular weight excluding hydrogens is 229 g/mol. The van der Waals surface area contributed by atoms with E-state index in [0.29, 0.717) is 5.56 Å². The lowest BCUT2D eigenvalue weighted by molar-refractivity contribution is -0.137. The predicted octanol–water partition coefficient (Wildman–Crippen LogP) is 3.26. The fraction of sp³-hybridized carbons (Fsp3) is 0.500. The van der Waals surface area contributed by atoms with Crippen molar-refractivity contribution in [1.29, 1.82) is 0 Å². The third kappa shape index (κ3) is 3.44. The summed E-state index contributed by atoms with van der Waals surface area (Å²) in [5, 5.41) is 0. The van der Waals surface area contributed by atoms with Gasteiger partial charge in [0.25, 0.3) is 0 Å². The van der Waals surface area contributed by atoms with E-state index in [0.717, 1.165) is 12.1 Å². The highest BCUT2D eigenvalue weighted by molar-refractivity contribution is 5.28. The summed E-state index contributed by atoms with van der Waals surface area (Å²) < 4.78 is 37.7. The highest BCUT2D eigenvalue weighted by Gasteiger charge is 2.32. The van der Waals surface area contributed by atoms with Crippen LogP contribution in [0.3, 0.4) is 0 Å². The Balaban J connectivity index is 3.15. The maximum atomic E-state index is 12.6. The zero-order valence-electron chi connectivity index (χ0n) is 10.1. The quantitative estimate of drug-likeness (QED) is 0.621. The van der Waals surface area contributed by atoms with E-state index in [2.05, 4.69) is 5.43 Å². The van der Waals surface area contributed by atoms with Crippen LogP contribution in [-0.2, 0) is 6.18 Å². The Morgan fingerprint density at radius 2 is 1.76 bits per heavy atom. The second-order valence-electron chi connectivity index (χ2n) is 5.09. The first kappa shape index (κ1) is 14.0.